The van der Waals surface area contributed by atoms with E-state index >= 15 is 0 Å². The van der Waals surface area contributed by atoms with Crippen molar-refractivity contribution in [2.24, 2.45) is 0 Å². The number of nitrogens with zero attached hydrogens (tertiary/aromatic N) is 2. The van der Waals surface area contributed by atoms with Crippen LogP contribution < -0.4 is 10.2 Å². The third-order valence-corrected chi connectivity index (χ3v) is 4.87. The first kappa shape index (κ1) is 16.8. The van der Waals surface area contributed by atoms with E-state index in [1.165, 1.54) is 24.9 Å². The van der Waals surface area contributed by atoms with Crippen molar-refractivity contribution in [2.45, 2.75) is 38.1 Å². The summed E-state index contributed by atoms with van der Waals surface area (Å²) in [6.45, 7) is 2.98. The maximum atomic E-state index is 12.2. The average molecular weight is 331 g/mol. The molecule has 1 unspecified atom stereocenters. The Labute approximate surface area is 142 Å². The van der Waals surface area contributed by atoms with Crippen molar-refractivity contribution < 1.29 is 14.7 Å². The van der Waals surface area contributed by atoms with Crippen molar-refractivity contribution in [3.8, 4) is 0 Å². The molecule has 0 radical (unpaired) electrons. The lowest BCUT2D eigenvalue weighted by Crippen LogP contribution is -2.40. The van der Waals surface area contributed by atoms with E-state index in [0.29, 0.717) is 13.0 Å². The van der Waals surface area contributed by atoms with Crippen LogP contribution in [0.2, 0.25) is 0 Å². The smallest absolute Gasteiger partial charge is 0.320 e. The number of likely N-dealkylation sites (tertiary alicyclic amines) is 1. The van der Waals surface area contributed by atoms with Gasteiger partial charge >= 0.3 is 5.97 Å². The molecule has 0 bridgehead atoms. The molecular formula is C18H25N3O3. The zero-order valence-corrected chi connectivity index (χ0v) is 13.9. The molecule has 2 saturated heterocycles. The Kier molecular flexibility index (Phi) is 5.35. The minimum atomic E-state index is -0.841. The van der Waals surface area contributed by atoms with E-state index in [1.54, 1.807) is 4.90 Å². The molecule has 1 atom stereocenters. The van der Waals surface area contributed by atoms with E-state index in [4.69, 9.17) is 5.11 Å². The van der Waals surface area contributed by atoms with Crippen LogP contribution in [0.4, 0.5) is 11.4 Å². The molecule has 0 spiro atoms. The van der Waals surface area contributed by atoms with Crippen LogP contribution >= 0.6 is 0 Å². The van der Waals surface area contributed by atoms with Gasteiger partial charge in [0.15, 0.2) is 0 Å². The van der Waals surface area contributed by atoms with Crippen LogP contribution in [0, 0.1) is 0 Å². The van der Waals surface area contributed by atoms with E-state index in [9.17, 15) is 9.59 Å². The highest BCUT2D eigenvalue weighted by Crippen LogP contribution is 2.22. The van der Waals surface area contributed by atoms with Gasteiger partial charge < -0.3 is 15.3 Å². The molecule has 2 heterocycles. The van der Waals surface area contributed by atoms with Gasteiger partial charge in [-0.1, -0.05) is 0 Å². The third-order valence-electron chi connectivity index (χ3n) is 4.87. The first-order chi connectivity index (χ1) is 11.6. The molecule has 3 rings (SSSR count). The second-order valence-corrected chi connectivity index (χ2v) is 6.61. The van der Waals surface area contributed by atoms with Crippen LogP contribution in [0.25, 0.3) is 0 Å². The van der Waals surface area contributed by atoms with E-state index in [2.05, 4.69) is 10.2 Å². The first-order valence-electron chi connectivity index (χ1n) is 8.75. The molecular weight excluding hydrogens is 306 g/mol. The lowest BCUT2D eigenvalue weighted by Gasteiger charge is -2.28. The van der Waals surface area contributed by atoms with Crippen LogP contribution in [0.1, 0.15) is 32.1 Å². The number of amides is 1. The molecule has 130 valence electrons. The molecule has 2 aliphatic heterocycles. The number of nitrogens with one attached hydrogen (secondary N) is 1. The minimum absolute atomic E-state index is 0.130. The van der Waals surface area contributed by atoms with E-state index < -0.39 is 12.0 Å². The van der Waals surface area contributed by atoms with Crippen molar-refractivity contribution in [1.82, 2.24) is 4.90 Å². The fourth-order valence-corrected chi connectivity index (χ4v) is 3.59. The number of anilines is 2. The number of carbonyl (C=O) groups is 2. The molecule has 2 N–H and O–H groups in total. The standard InChI is InChI=1S/C18H25N3O3/c22-17(13-21-12-4-5-16(21)18(23)24)19-14-6-8-15(9-7-14)20-10-2-1-3-11-20/h6-9,16H,1-5,10-13H2,(H,19,22)(H,23,24). The molecule has 1 aromatic rings. The van der Waals surface area contributed by atoms with Gasteiger partial charge in [0.05, 0.1) is 6.54 Å². The number of hydrogen-bond acceptors (Lipinski definition) is 4. The largest absolute Gasteiger partial charge is 0.480 e. The third kappa shape index (κ3) is 4.06. The Bertz CT molecular complexity index is 582. The summed E-state index contributed by atoms with van der Waals surface area (Å²) >= 11 is 0. The summed E-state index contributed by atoms with van der Waals surface area (Å²) in [5.74, 6) is -1.000. The molecule has 1 aromatic carbocycles. The summed E-state index contributed by atoms with van der Waals surface area (Å²) in [4.78, 5) is 27.4. The number of carboxylic acid groups (broad SMARTS) is 1. The molecule has 1 amide bonds. The monoisotopic (exact) mass is 331 g/mol. The second kappa shape index (κ2) is 7.66. The van der Waals surface area contributed by atoms with Crippen molar-refractivity contribution in [3.63, 3.8) is 0 Å². The van der Waals surface area contributed by atoms with Gasteiger partial charge in [0, 0.05) is 24.5 Å². The van der Waals surface area contributed by atoms with Gasteiger partial charge in [0.1, 0.15) is 6.04 Å². The van der Waals surface area contributed by atoms with Gasteiger partial charge in [0.2, 0.25) is 5.91 Å². The number of carbonyl (C=O) groups excluding carboxylic acids is 1. The fourth-order valence-electron chi connectivity index (χ4n) is 3.59. The number of hydrogen-bond donors (Lipinski definition) is 2. The van der Waals surface area contributed by atoms with Crippen LogP contribution in [-0.4, -0.2) is 54.1 Å². The van der Waals surface area contributed by atoms with E-state index in [-0.39, 0.29) is 12.5 Å². The lowest BCUT2D eigenvalue weighted by molar-refractivity contribution is -0.142. The molecule has 0 aliphatic carbocycles. The number of piperidine rings is 1. The summed E-state index contributed by atoms with van der Waals surface area (Å²) in [7, 11) is 0. The van der Waals surface area contributed by atoms with Crippen LogP contribution in [0.15, 0.2) is 24.3 Å². The molecule has 6 nitrogen and oxygen atoms in total. The zero-order chi connectivity index (χ0) is 16.9. The Morgan fingerprint density at radius 2 is 1.75 bits per heavy atom. The summed E-state index contributed by atoms with van der Waals surface area (Å²) in [5, 5.41) is 12.0. The van der Waals surface area contributed by atoms with Crippen molar-refractivity contribution >= 4 is 23.3 Å². The summed E-state index contributed by atoms with van der Waals surface area (Å²) in [5.41, 5.74) is 1.95. The van der Waals surface area contributed by atoms with E-state index in [1.807, 2.05) is 24.3 Å². The Balaban J connectivity index is 1.53. The highest BCUT2D eigenvalue weighted by atomic mass is 16.4. The number of benzene rings is 1. The van der Waals surface area contributed by atoms with Crippen molar-refractivity contribution in [2.75, 3.05) is 36.4 Å². The number of carboxylic acids is 1. The van der Waals surface area contributed by atoms with Crippen LogP contribution in [0.5, 0.6) is 0 Å². The predicted molar refractivity (Wildman–Crippen MR) is 93.4 cm³/mol. The summed E-state index contributed by atoms with van der Waals surface area (Å²) < 4.78 is 0. The normalized spacial score (nSPS) is 21.7. The van der Waals surface area contributed by atoms with Crippen LogP contribution in [0.3, 0.4) is 0 Å². The van der Waals surface area contributed by atoms with Gasteiger partial charge in [-0.25, -0.2) is 0 Å². The molecule has 6 heteroatoms. The van der Waals surface area contributed by atoms with Crippen LogP contribution in [-0.2, 0) is 9.59 Å². The Morgan fingerprint density at radius 3 is 2.42 bits per heavy atom. The van der Waals surface area contributed by atoms with Crippen molar-refractivity contribution in [3.05, 3.63) is 24.3 Å². The predicted octanol–water partition coefficient (Wildman–Crippen LogP) is 2.16. The highest BCUT2D eigenvalue weighted by molar-refractivity contribution is 5.92. The zero-order valence-electron chi connectivity index (χ0n) is 13.9. The van der Waals surface area contributed by atoms with Gasteiger partial charge in [-0.15, -0.1) is 0 Å². The topological polar surface area (TPSA) is 72.9 Å². The average Bonchev–Trinajstić information content (AvgIpc) is 3.04. The van der Waals surface area contributed by atoms with Gasteiger partial charge in [0.25, 0.3) is 0 Å². The second-order valence-electron chi connectivity index (χ2n) is 6.61. The first-order valence-corrected chi connectivity index (χ1v) is 8.75. The minimum Gasteiger partial charge on any atom is -0.480 e. The molecule has 0 aromatic heterocycles. The summed E-state index contributed by atoms with van der Waals surface area (Å²) in [6.07, 6.45) is 5.22. The molecule has 2 aliphatic rings. The van der Waals surface area contributed by atoms with E-state index in [0.717, 1.165) is 25.2 Å². The highest BCUT2D eigenvalue weighted by Gasteiger charge is 2.31. The molecule has 0 saturated carbocycles. The maximum Gasteiger partial charge on any atom is 0.320 e. The fraction of sp³-hybridized carbons (Fsp3) is 0.556. The Hall–Kier alpha value is -2.08. The number of aliphatic carboxylic acids is 1. The molecule has 24 heavy (non-hydrogen) atoms. The lowest BCUT2D eigenvalue weighted by atomic mass is 10.1. The quantitative estimate of drug-likeness (QED) is 0.865. The van der Waals surface area contributed by atoms with Gasteiger partial charge in [-0.3, -0.25) is 14.5 Å². The number of rotatable bonds is 5. The maximum absolute atomic E-state index is 12.2. The van der Waals surface area contributed by atoms with Crippen molar-refractivity contribution in [1.29, 1.82) is 0 Å². The van der Waals surface area contributed by atoms with Gasteiger partial charge in [-0.05, 0) is 62.9 Å². The van der Waals surface area contributed by atoms with Gasteiger partial charge in [-0.2, -0.15) is 0 Å². The summed E-state index contributed by atoms with van der Waals surface area (Å²) in [6, 6.07) is 7.38. The Morgan fingerprint density at radius 1 is 1.04 bits per heavy atom. The molecule has 2 fully saturated rings. The SMILES string of the molecule is O=C(CN1CCCC1C(=O)O)Nc1ccc(N2CCCCC2)cc1.